The Kier molecular flexibility index (Phi) is 47.1. The van der Waals surface area contributed by atoms with Gasteiger partial charge in [-0.25, -0.2) is 9.13 Å². The summed E-state index contributed by atoms with van der Waals surface area (Å²) in [5.74, 6) is -1.49. The Labute approximate surface area is 441 Å². The quantitative estimate of drug-likeness (QED) is 0.0222. The van der Waals surface area contributed by atoms with Crippen molar-refractivity contribution in [3.05, 3.63) is 0 Å². The zero-order chi connectivity index (χ0) is 54.3. The minimum atomic E-state index is -4.93. The molecule has 0 amide bonds. The molecule has 0 aliphatic heterocycles. The SMILES string of the molecule is CCCCCCCCCCCCCCCCC(=O)O[C@H](COC(=O)CCCCCCCCC(C)C)COP(=O)(O)OC[C@@H](O)COP(=O)(O)OC[C@@H](COC(=O)CCCCCCC)OC(=O)CCCCCCC. The molecule has 0 aromatic heterocycles. The third-order valence-electron chi connectivity index (χ3n) is 12.3. The second kappa shape index (κ2) is 48.4. The van der Waals surface area contributed by atoms with Gasteiger partial charge in [0.1, 0.15) is 19.3 Å². The van der Waals surface area contributed by atoms with E-state index in [1.807, 2.05) is 0 Å². The molecule has 432 valence electrons. The summed E-state index contributed by atoms with van der Waals surface area (Å²) in [4.78, 5) is 71.2. The molecule has 0 aliphatic carbocycles. The van der Waals surface area contributed by atoms with E-state index in [9.17, 15) is 43.2 Å². The second-order valence-corrected chi connectivity index (χ2v) is 23.0. The summed E-state index contributed by atoms with van der Waals surface area (Å²) < 4.78 is 67.1. The lowest BCUT2D eigenvalue weighted by Crippen LogP contribution is -2.30. The number of hydrogen-bond donors (Lipinski definition) is 3. The zero-order valence-electron chi connectivity index (χ0n) is 46.3. The van der Waals surface area contributed by atoms with Gasteiger partial charge < -0.3 is 33.8 Å². The van der Waals surface area contributed by atoms with E-state index >= 15 is 0 Å². The average Bonchev–Trinajstić information content (AvgIpc) is 3.35. The van der Waals surface area contributed by atoms with E-state index in [-0.39, 0.29) is 25.7 Å². The molecule has 0 saturated carbocycles. The maximum Gasteiger partial charge on any atom is 0.472 e. The van der Waals surface area contributed by atoms with Crippen molar-refractivity contribution in [2.75, 3.05) is 39.6 Å². The molecule has 0 aromatic rings. The molecule has 5 atom stereocenters. The molecule has 0 heterocycles. The van der Waals surface area contributed by atoms with Crippen molar-refractivity contribution in [3.8, 4) is 0 Å². The number of carbonyl (C=O) groups is 4. The molecule has 73 heavy (non-hydrogen) atoms. The third-order valence-corrected chi connectivity index (χ3v) is 14.2. The lowest BCUT2D eigenvalue weighted by molar-refractivity contribution is -0.161. The van der Waals surface area contributed by atoms with Crippen LogP contribution in [0.3, 0.4) is 0 Å². The summed E-state index contributed by atoms with van der Waals surface area (Å²) in [5.41, 5.74) is 0. The van der Waals surface area contributed by atoms with E-state index in [0.717, 1.165) is 103 Å². The number of rotatable bonds is 54. The van der Waals surface area contributed by atoms with Gasteiger partial charge in [0.25, 0.3) is 0 Å². The Hall–Kier alpha value is -1.94. The van der Waals surface area contributed by atoms with E-state index in [1.54, 1.807) is 0 Å². The fourth-order valence-electron chi connectivity index (χ4n) is 7.81. The Morgan fingerprint density at radius 3 is 0.932 bits per heavy atom. The lowest BCUT2D eigenvalue weighted by Gasteiger charge is -2.21. The van der Waals surface area contributed by atoms with Gasteiger partial charge in [-0.2, -0.15) is 0 Å². The van der Waals surface area contributed by atoms with E-state index < -0.39 is 97.5 Å². The molecule has 0 bridgehead atoms. The van der Waals surface area contributed by atoms with Gasteiger partial charge in [-0.3, -0.25) is 37.3 Å². The number of ether oxygens (including phenoxy) is 4. The van der Waals surface area contributed by atoms with Gasteiger partial charge in [0, 0.05) is 25.7 Å². The van der Waals surface area contributed by atoms with Crippen LogP contribution in [0.1, 0.15) is 259 Å². The van der Waals surface area contributed by atoms with Crippen LogP contribution in [0.25, 0.3) is 0 Å². The fourth-order valence-corrected chi connectivity index (χ4v) is 9.39. The van der Waals surface area contributed by atoms with Gasteiger partial charge in [0.05, 0.1) is 26.4 Å². The maximum atomic E-state index is 12.9. The monoisotopic (exact) mass is 1090 g/mol. The summed E-state index contributed by atoms with van der Waals surface area (Å²) in [6, 6.07) is 0. The van der Waals surface area contributed by atoms with Crippen LogP contribution in [0.15, 0.2) is 0 Å². The Bertz CT molecular complexity index is 1450. The van der Waals surface area contributed by atoms with Crippen molar-refractivity contribution in [2.24, 2.45) is 5.92 Å². The van der Waals surface area contributed by atoms with Gasteiger partial charge in [0.15, 0.2) is 12.2 Å². The van der Waals surface area contributed by atoms with Crippen LogP contribution in [0.5, 0.6) is 0 Å². The number of carbonyl (C=O) groups excluding carboxylic acids is 4. The number of phosphoric ester groups is 2. The summed E-state index contributed by atoms with van der Waals surface area (Å²) in [6.07, 6.45) is 28.9. The highest BCUT2D eigenvalue weighted by atomic mass is 31.2. The first-order valence-corrected chi connectivity index (χ1v) is 31.6. The molecule has 0 spiro atoms. The van der Waals surface area contributed by atoms with Crippen LogP contribution in [0.2, 0.25) is 0 Å². The Balaban J connectivity index is 5.13. The highest BCUT2D eigenvalue weighted by molar-refractivity contribution is 7.47. The van der Waals surface area contributed by atoms with Crippen molar-refractivity contribution >= 4 is 39.5 Å². The highest BCUT2D eigenvalue weighted by Crippen LogP contribution is 2.45. The van der Waals surface area contributed by atoms with Crippen LogP contribution in [-0.4, -0.2) is 96.7 Å². The van der Waals surface area contributed by atoms with Gasteiger partial charge in [0.2, 0.25) is 0 Å². The number of aliphatic hydroxyl groups is 1. The largest absolute Gasteiger partial charge is 0.472 e. The first-order chi connectivity index (χ1) is 35.0. The third kappa shape index (κ3) is 49.4. The average molecular weight is 1090 g/mol. The molecule has 0 aromatic carbocycles. The molecule has 19 heteroatoms. The lowest BCUT2D eigenvalue weighted by atomic mass is 10.0. The molecule has 0 fully saturated rings. The summed E-state index contributed by atoms with van der Waals surface area (Å²) in [6.45, 7) is 6.85. The number of unbranched alkanes of at least 4 members (excludes halogenated alkanes) is 26. The van der Waals surface area contributed by atoms with Gasteiger partial charge in [-0.15, -0.1) is 0 Å². The number of aliphatic hydroxyl groups excluding tert-OH is 1. The second-order valence-electron chi connectivity index (χ2n) is 20.1. The zero-order valence-corrected chi connectivity index (χ0v) is 48.0. The van der Waals surface area contributed by atoms with Crippen molar-refractivity contribution in [2.45, 2.75) is 278 Å². The smallest absolute Gasteiger partial charge is 0.462 e. The molecule has 3 N–H and O–H groups in total. The van der Waals surface area contributed by atoms with Crippen LogP contribution in [0, 0.1) is 5.92 Å². The molecule has 0 aliphatic rings. The topological polar surface area (TPSA) is 237 Å². The van der Waals surface area contributed by atoms with Gasteiger partial charge in [-0.05, 0) is 31.6 Å². The molecule has 2 unspecified atom stereocenters. The van der Waals surface area contributed by atoms with Crippen LogP contribution >= 0.6 is 15.6 Å². The van der Waals surface area contributed by atoms with Crippen molar-refractivity contribution in [1.82, 2.24) is 0 Å². The van der Waals surface area contributed by atoms with Crippen LogP contribution in [0.4, 0.5) is 0 Å². The maximum absolute atomic E-state index is 12.9. The molecular formula is C54H104O17P2. The van der Waals surface area contributed by atoms with Gasteiger partial charge >= 0.3 is 39.5 Å². The number of hydrogen-bond acceptors (Lipinski definition) is 15. The van der Waals surface area contributed by atoms with Crippen molar-refractivity contribution in [3.63, 3.8) is 0 Å². The first kappa shape index (κ1) is 71.1. The van der Waals surface area contributed by atoms with Crippen LogP contribution in [-0.2, 0) is 65.4 Å². The minimum absolute atomic E-state index is 0.0985. The van der Waals surface area contributed by atoms with Crippen molar-refractivity contribution in [1.29, 1.82) is 0 Å². The van der Waals surface area contributed by atoms with E-state index in [2.05, 4.69) is 34.6 Å². The molecule has 17 nitrogen and oxygen atoms in total. The molecular weight excluding hydrogens is 983 g/mol. The summed E-state index contributed by atoms with van der Waals surface area (Å²) in [7, 11) is -9.85. The molecule has 0 radical (unpaired) electrons. The minimum Gasteiger partial charge on any atom is -0.462 e. The molecule has 0 rings (SSSR count). The summed E-state index contributed by atoms with van der Waals surface area (Å²) >= 11 is 0. The number of esters is 4. The van der Waals surface area contributed by atoms with Crippen molar-refractivity contribution < 1.29 is 80.2 Å². The summed E-state index contributed by atoms with van der Waals surface area (Å²) in [5, 5.41) is 10.4. The Morgan fingerprint density at radius 1 is 0.370 bits per heavy atom. The first-order valence-electron chi connectivity index (χ1n) is 28.6. The van der Waals surface area contributed by atoms with E-state index in [0.29, 0.717) is 31.6 Å². The van der Waals surface area contributed by atoms with E-state index in [1.165, 1.54) is 70.6 Å². The van der Waals surface area contributed by atoms with Gasteiger partial charge in [-0.1, -0.05) is 208 Å². The van der Waals surface area contributed by atoms with E-state index in [4.69, 9.17) is 37.0 Å². The number of phosphoric acid groups is 2. The van der Waals surface area contributed by atoms with Crippen LogP contribution < -0.4 is 0 Å². The fraction of sp³-hybridized carbons (Fsp3) is 0.926. The standard InChI is InChI=1S/C54H104O17P2/c1-6-9-12-15-16-17-18-19-20-21-22-23-30-35-40-54(59)71-50(44-65-52(57)38-33-29-25-24-28-31-36-47(4)5)46-69-73(62,63)67-42-48(55)41-66-72(60,61)68-45-49(70-53(58)39-34-27-14-11-8-3)43-64-51(56)37-32-26-13-10-7-2/h47-50,55H,6-46H2,1-5H3,(H,60,61)(H,62,63)/t48-,49+,50+/m0/s1. The molecule has 0 saturated heterocycles. The predicted molar refractivity (Wildman–Crippen MR) is 285 cm³/mol. The predicted octanol–water partition coefficient (Wildman–Crippen LogP) is 13.9. The Morgan fingerprint density at radius 2 is 0.630 bits per heavy atom. The normalized spacial score (nSPS) is 14.5. The highest BCUT2D eigenvalue weighted by Gasteiger charge is 2.30.